The van der Waals surface area contributed by atoms with E-state index in [9.17, 15) is 4.79 Å². The third kappa shape index (κ3) is 4.18. The van der Waals surface area contributed by atoms with Gasteiger partial charge in [0.1, 0.15) is 11.5 Å². The molecule has 6 heteroatoms. The molecule has 2 aromatic heterocycles. The molecule has 0 radical (unpaired) electrons. The van der Waals surface area contributed by atoms with E-state index in [4.69, 9.17) is 9.15 Å². The van der Waals surface area contributed by atoms with Crippen LogP contribution in [-0.2, 0) is 22.5 Å². The number of carbonyl (C=O) groups is 1. The Bertz CT molecular complexity index is 562. The van der Waals surface area contributed by atoms with Gasteiger partial charge in [-0.05, 0) is 18.6 Å². The number of furan rings is 1. The van der Waals surface area contributed by atoms with Crippen LogP contribution >= 0.6 is 11.3 Å². The van der Waals surface area contributed by atoms with Crippen LogP contribution in [0.25, 0.3) is 11.5 Å². The van der Waals surface area contributed by atoms with Crippen molar-refractivity contribution in [1.82, 2.24) is 10.3 Å². The van der Waals surface area contributed by atoms with Crippen molar-refractivity contribution in [2.45, 2.75) is 26.3 Å². The van der Waals surface area contributed by atoms with Crippen LogP contribution in [0.2, 0.25) is 0 Å². The summed E-state index contributed by atoms with van der Waals surface area (Å²) in [5.74, 6) is 1.39. The molecule has 2 rings (SSSR count). The highest BCUT2D eigenvalue weighted by Gasteiger charge is 2.09. The average Bonchev–Trinajstić information content (AvgIpc) is 3.05. The van der Waals surface area contributed by atoms with Crippen LogP contribution in [0.3, 0.4) is 0 Å². The zero-order valence-electron chi connectivity index (χ0n) is 11.6. The van der Waals surface area contributed by atoms with Gasteiger partial charge in [-0.15, -0.1) is 11.3 Å². The molecule has 5 nitrogen and oxygen atoms in total. The minimum atomic E-state index is -0.0722. The monoisotopic (exact) mass is 294 g/mol. The summed E-state index contributed by atoms with van der Waals surface area (Å²) >= 11 is 1.63. The maximum absolute atomic E-state index is 10.8. The highest BCUT2D eigenvalue weighted by Crippen LogP contribution is 2.24. The van der Waals surface area contributed by atoms with Gasteiger partial charge in [0.15, 0.2) is 5.76 Å². The Kier molecular flexibility index (Phi) is 5.31. The number of aryl methyl sites for hydroxylation is 1. The summed E-state index contributed by atoms with van der Waals surface area (Å²) in [6.07, 6.45) is 1.88. The lowest BCUT2D eigenvalue weighted by molar-refractivity contribution is -0.119. The fourth-order valence-electron chi connectivity index (χ4n) is 1.73. The Labute approximate surface area is 122 Å². The summed E-state index contributed by atoms with van der Waals surface area (Å²) in [5.41, 5.74) is 0.844. The van der Waals surface area contributed by atoms with Crippen molar-refractivity contribution < 1.29 is 13.9 Å². The van der Waals surface area contributed by atoms with E-state index in [2.05, 4.69) is 10.3 Å². The number of hydrogen-bond donors (Lipinski definition) is 1. The summed E-state index contributed by atoms with van der Waals surface area (Å²) in [6, 6.07) is 3.74. The number of amides is 1. The molecule has 0 aliphatic carbocycles. The van der Waals surface area contributed by atoms with E-state index >= 15 is 0 Å². The highest BCUT2D eigenvalue weighted by atomic mass is 32.1. The molecule has 1 N–H and O–H groups in total. The van der Waals surface area contributed by atoms with Gasteiger partial charge in [0.2, 0.25) is 5.91 Å². The first-order chi connectivity index (χ1) is 9.69. The van der Waals surface area contributed by atoms with E-state index in [1.807, 2.05) is 17.5 Å². The summed E-state index contributed by atoms with van der Waals surface area (Å²) in [6.45, 7) is 2.63. The molecule has 0 fully saturated rings. The van der Waals surface area contributed by atoms with Gasteiger partial charge >= 0.3 is 0 Å². The molecule has 108 valence electrons. The number of methoxy groups -OCH3 is 1. The van der Waals surface area contributed by atoms with Gasteiger partial charge in [-0.1, -0.05) is 0 Å². The molecule has 0 saturated heterocycles. The molecule has 0 spiro atoms. The van der Waals surface area contributed by atoms with Gasteiger partial charge in [-0.2, -0.15) is 0 Å². The molecule has 0 aliphatic heterocycles. The number of carbonyl (C=O) groups excluding carboxylic acids is 1. The minimum absolute atomic E-state index is 0.0722. The zero-order chi connectivity index (χ0) is 14.4. The number of ether oxygens (including phenoxy) is 1. The summed E-state index contributed by atoms with van der Waals surface area (Å²) in [5, 5.41) is 5.77. The van der Waals surface area contributed by atoms with Crippen molar-refractivity contribution in [3.05, 3.63) is 28.3 Å². The topological polar surface area (TPSA) is 64.4 Å². The summed E-state index contributed by atoms with van der Waals surface area (Å²) in [7, 11) is 1.70. The van der Waals surface area contributed by atoms with Crippen molar-refractivity contribution >= 4 is 17.2 Å². The van der Waals surface area contributed by atoms with E-state index < -0.39 is 0 Å². The maximum atomic E-state index is 10.8. The molecule has 0 atom stereocenters. The van der Waals surface area contributed by atoms with E-state index in [0.717, 1.165) is 41.7 Å². The quantitative estimate of drug-likeness (QED) is 0.797. The van der Waals surface area contributed by atoms with E-state index in [0.29, 0.717) is 6.54 Å². The van der Waals surface area contributed by atoms with Crippen LogP contribution < -0.4 is 5.32 Å². The van der Waals surface area contributed by atoms with Crippen molar-refractivity contribution in [2.75, 3.05) is 13.7 Å². The second-order valence-corrected chi connectivity index (χ2v) is 5.34. The Balaban J connectivity index is 1.95. The van der Waals surface area contributed by atoms with Crippen molar-refractivity contribution in [3.63, 3.8) is 0 Å². The molecule has 2 aromatic rings. The van der Waals surface area contributed by atoms with Crippen LogP contribution in [0.4, 0.5) is 0 Å². The third-order valence-corrected chi connectivity index (χ3v) is 3.63. The third-order valence-electron chi connectivity index (χ3n) is 2.72. The number of rotatable bonds is 7. The van der Waals surface area contributed by atoms with Crippen LogP contribution in [0.1, 0.15) is 24.1 Å². The average molecular weight is 294 g/mol. The lowest BCUT2D eigenvalue weighted by Gasteiger charge is -1.97. The molecule has 2 heterocycles. The van der Waals surface area contributed by atoms with Gasteiger partial charge in [-0.3, -0.25) is 4.79 Å². The Morgan fingerprint density at radius 3 is 3.10 bits per heavy atom. The van der Waals surface area contributed by atoms with Crippen molar-refractivity contribution in [2.24, 2.45) is 0 Å². The lowest BCUT2D eigenvalue weighted by Crippen LogP contribution is -2.18. The molecule has 1 amide bonds. The van der Waals surface area contributed by atoms with Crippen LogP contribution in [0.15, 0.2) is 21.9 Å². The van der Waals surface area contributed by atoms with Crippen LogP contribution in [0, 0.1) is 0 Å². The molecule has 0 aromatic carbocycles. The van der Waals surface area contributed by atoms with E-state index in [1.54, 1.807) is 18.4 Å². The molecule has 0 unspecified atom stereocenters. The molecule has 0 saturated carbocycles. The first-order valence-corrected chi connectivity index (χ1v) is 7.34. The minimum Gasteiger partial charge on any atom is -0.458 e. The fraction of sp³-hybridized carbons (Fsp3) is 0.429. The predicted molar refractivity (Wildman–Crippen MR) is 77.5 cm³/mol. The zero-order valence-corrected chi connectivity index (χ0v) is 12.5. The molecule has 20 heavy (non-hydrogen) atoms. The van der Waals surface area contributed by atoms with Gasteiger partial charge < -0.3 is 14.5 Å². The van der Waals surface area contributed by atoms with Crippen molar-refractivity contribution in [1.29, 1.82) is 0 Å². The highest BCUT2D eigenvalue weighted by molar-refractivity contribution is 7.09. The number of nitrogens with one attached hydrogen (secondary N) is 1. The molecular weight excluding hydrogens is 276 g/mol. The van der Waals surface area contributed by atoms with Crippen molar-refractivity contribution in [3.8, 4) is 11.5 Å². The number of nitrogens with zero attached hydrogens (tertiary/aromatic N) is 1. The Morgan fingerprint density at radius 1 is 1.50 bits per heavy atom. The predicted octanol–water partition coefficient (Wildman–Crippen LogP) is 2.62. The fourth-order valence-corrected chi connectivity index (χ4v) is 2.56. The standard InChI is InChI=1S/C14H18N2O3S/c1-10(17)15-8-11-5-6-13(19-11)12-9-20-14(16-12)4-3-7-18-2/h5-6,9H,3-4,7-8H2,1-2H3,(H,15,17). The first kappa shape index (κ1) is 14.7. The van der Waals surface area contributed by atoms with Crippen LogP contribution in [-0.4, -0.2) is 24.6 Å². The Hall–Kier alpha value is -1.66. The first-order valence-electron chi connectivity index (χ1n) is 6.46. The second kappa shape index (κ2) is 7.21. The Morgan fingerprint density at radius 2 is 2.35 bits per heavy atom. The number of thiazole rings is 1. The lowest BCUT2D eigenvalue weighted by atomic mass is 10.3. The van der Waals surface area contributed by atoms with Gasteiger partial charge in [0, 0.05) is 32.4 Å². The van der Waals surface area contributed by atoms with Crippen LogP contribution in [0.5, 0.6) is 0 Å². The number of hydrogen-bond acceptors (Lipinski definition) is 5. The maximum Gasteiger partial charge on any atom is 0.217 e. The number of aromatic nitrogens is 1. The SMILES string of the molecule is COCCCc1nc(-c2ccc(CNC(C)=O)o2)cs1. The van der Waals surface area contributed by atoms with E-state index in [-0.39, 0.29) is 5.91 Å². The largest absolute Gasteiger partial charge is 0.458 e. The molecular formula is C14H18N2O3S. The van der Waals surface area contributed by atoms with Gasteiger partial charge in [0.05, 0.1) is 11.6 Å². The summed E-state index contributed by atoms with van der Waals surface area (Å²) in [4.78, 5) is 15.4. The smallest absolute Gasteiger partial charge is 0.217 e. The molecule has 0 aliphatic rings. The normalized spacial score (nSPS) is 10.7. The van der Waals surface area contributed by atoms with Gasteiger partial charge in [-0.25, -0.2) is 4.98 Å². The van der Waals surface area contributed by atoms with Gasteiger partial charge in [0.25, 0.3) is 0 Å². The van der Waals surface area contributed by atoms with E-state index in [1.165, 1.54) is 6.92 Å². The second-order valence-electron chi connectivity index (χ2n) is 4.40. The molecule has 0 bridgehead atoms. The summed E-state index contributed by atoms with van der Waals surface area (Å²) < 4.78 is 10.7.